The molecule has 10 heteroatoms. The van der Waals surface area contributed by atoms with Crippen LogP contribution in [0.25, 0.3) is 6.08 Å². The number of aryl methyl sites for hydroxylation is 1. The molecule has 5 rings (SSSR count). The van der Waals surface area contributed by atoms with Gasteiger partial charge in [-0.1, -0.05) is 59.6 Å². The predicted octanol–water partition coefficient (Wildman–Crippen LogP) is 6.77. The van der Waals surface area contributed by atoms with Crippen LogP contribution in [0.2, 0.25) is 5.02 Å². The van der Waals surface area contributed by atoms with Gasteiger partial charge in [-0.05, 0) is 72.8 Å². The number of anilines is 1. The Morgan fingerprint density at radius 1 is 1.05 bits per heavy atom. The smallest absolute Gasteiger partial charge is 0.267 e. The molecule has 2 heterocycles. The number of ether oxygens (including phenoxy) is 1. The number of amidine groups is 1. The zero-order valence-electron chi connectivity index (χ0n) is 22.0. The van der Waals surface area contributed by atoms with Crippen LogP contribution in [-0.4, -0.2) is 34.7 Å². The molecule has 0 unspecified atom stereocenters. The number of furan rings is 1. The van der Waals surface area contributed by atoms with E-state index in [1.54, 1.807) is 55.0 Å². The first kappa shape index (κ1) is 27.9. The molecule has 206 valence electrons. The molecule has 3 aromatic carbocycles. The first-order valence-electron chi connectivity index (χ1n) is 12.6. The minimum atomic E-state index is -0.291. The van der Waals surface area contributed by atoms with Crippen molar-refractivity contribution in [1.29, 1.82) is 0 Å². The van der Waals surface area contributed by atoms with Crippen LogP contribution in [0.3, 0.4) is 0 Å². The number of benzene rings is 3. The largest absolute Gasteiger partial charge is 0.483 e. The Hall–Kier alpha value is -4.60. The van der Waals surface area contributed by atoms with Crippen molar-refractivity contribution in [3.8, 4) is 5.75 Å². The highest BCUT2D eigenvalue weighted by Crippen LogP contribution is 2.35. The lowest BCUT2D eigenvalue weighted by Gasteiger charge is -2.12. The summed E-state index contributed by atoms with van der Waals surface area (Å²) in [6.07, 6.45) is 4.87. The fourth-order valence-electron chi connectivity index (χ4n) is 3.82. The number of hydrogen-bond acceptors (Lipinski definition) is 7. The lowest BCUT2D eigenvalue weighted by molar-refractivity contribution is -0.122. The molecule has 0 spiro atoms. The average Bonchev–Trinajstić information content (AvgIpc) is 3.59. The molecule has 8 nitrogen and oxygen atoms in total. The number of nitrogens with zero attached hydrogens (tertiary/aromatic N) is 3. The Kier molecular flexibility index (Phi) is 8.98. The van der Waals surface area contributed by atoms with Crippen molar-refractivity contribution in [1.82, 2.24) is 4.90 Å². The topological polar surface area (TPSA) is 96.5 Å². The monoisotopic (exact) mass is 584 g/mol. The summed E-state index contributed by atoms with van der Waals surface area (Å²) < 4.78 is 11.3. The number of carbonyl (C=O) groups excluding carboxylic acids is 2. The predicted molar refractivity (Wildman–Crippen MR) is 163 cm³/mol. The molecule has 0 radical (unpaired) electrons. The zero-order valence-corrected chi connectivity index (χ0v) is 23.6. The van der Waals surface area contributed by atoms with Crippen LogP contribution in [0.4, 0.5) is 5.69 Å². The molecular weight excluding hydrogens is 560 g/mol. The van der Waals surface area contributed by atoms with E-state index in [0.29, 0.717) is 37.9 Å². The van der Waals surface area contributed by atoms with E-state index in [4.69, 9.17) is 20.8 Å². The summed E-state index contributed by atoms with van der Waals surface area (Å²) in [7, 11) is 0. The zero-order chi connectivity index (χ0) is 28.6. The van der Waals surface area contributed by atoms with Crippen molar-refractivity contribution in [2.24, 2.45) is 10.2 Å². The average molecular weight is 585 g/mol. The number of nitrogens with one attached hydrogen (secondary N) is 1. The SMILES string of the molecule is Cc1ccc(NC(=O)COc2ccccc2/C=C2\S/C(=N\N=C\c3ccc(Cl)cc3)N(Cc3ccco3)C2=O)cc1. The van der Waals surface area contributed by atoms with Gasteiger partial charge in [0.1, 0.15) is 11.5 Å². The van der Waals surface area contributed by atoms with Crippen molar-refractivity contribution in [3.63, 3.8) is 0 Å². The second-order valence-electron chi connectivity index (χ2n) is 9.00. The summed E-state index contributed by atoms with van der Waals surface area (Å²) in [6.45, 7) is 1.99. The van der Waals surface area contributed by atoms with Crippen LogP contribution in [0, 0.1) is 6.92 Å². The fourth-order valence-corrected chi connectivity index (χ4v) is 4.88. The van der Waals surface area contributed by atoms with E-state index in [1.807, 2.05) is 55.5 Å². The summed E-state index contributed by atoms with van der Waals surface area (Å²) in [5, 5.41) is 12.4. The summed E-state index contributed by atoms with van der Waals surface area (Å²) in [5.41, 5.74) is 3.26. The molecule has 1 aromatic heterocycles. The third-order valence-electron chi connectivity index (χ3n) is 5.90. The lowest BCUT2D eigenvalue weighted by atomic mass is 10.2. The van der Waals surface area contributed by atoms with Crippen molar-refractivity contribution in [2.45, 2.75) is 13.5 Å². The molecule has 0 atom stereocenters. The van der Waals surface area contributed by atoms with Gasteiger partial charge in [0.2, 0.25) is 0 Å². The number of thioether (sulfide) groups is 1. The van der Waals surface area contributed by atoms with E-state index < -0.39 is 0 Å². The molecule has 1 saturated heterocycles. The highest BCUT2D eigenvalue weighted by Gasteiger charge is 2.34. The fraction of sp³-hybridized carbons (Fsp3) is 0.0968. The first-order chi connectivity index (χ1) is 19.9. The third-order valence-corrected chi connectivity index (χ3v) is 7.15. The Labute approximate surface area is 246 Å². The van der Waals surface area contributed by atoms with Gasteiger partial charge < -0.3 is 14.5 Å². The molecular formula is C31H25ClN4O4S. The summed E-state index contributed by atoms with van der Waals surface area (Å²) >= 11 is 7.15. The molecule has 0 saturated carbocycles. The van der Waals surface area contributed by atoms with Gasteiger partial charge in [-0.25, -0.2) is 0 Å². The van der Waals surface area contributed by atoms with Gasteiger partial charge in [-0.3, -0.25) is 14.5 Å². The molecule has 2 amide bonds. The molecule has 1 aliphatic heterocycles. The second kappa shape index (κ2) is 13.2. The number of hydrogen-bond donors (Lipinski definition) is 1. The van der Waals surface area contributed by atoms with Crippen molar-refractivity contribution >= 4 is 58.3 Å². The van der Waals surface area contributed by atoms with Crippen LogP contribution >= 0.6 is 23.4 Å². The summed E-state index contributed by atoms with van der Waals surface area (Å²) in [5.74, 6) is 0.535. The number of rotatable bonds is 9. The van der Waals surface area contributed by atoms with Gasteiger partial charge in [-0.2, -0.15) is 5.10 Å². The van der Waals surface area contributed by atoms with E-state index in [1.165, 1.54) is 16.7 Å². The lowest BCUT2D eigenvalue weighted by Crippen LogP contribution is -2.28. The third kappa shape index (κ3) is 7.53. The second-order valence-corrected chi connectivity index (χ2v) is 10.4. The Balaban J connectivity index is 1.33. The van der Waals surface area contributed by atoms with Gasteiger partial charge in [0.05, 0.1) is 23.9 Å². The van der Waals surface area contributed by atoms with Crippen molar-refractivity contribution in [3.05, 3.63) is 124 Å². The maximum absolute atomic E-state index is 13.5. The molecule has 1 fully saturated rings. The van der Waals surface area contributed by atoms with Crippen LogP contribution in [0.1, 0.15) is 22.5 Å². The van der Waals surface area contributed by atoms with Crippen molar-refractivity contribution in [2.75, 3.05) is 11.9 Å². The van der Waals surface area contributed by atoms with E-state index in [9.17, 15) is 9.59 Å². The van der Waals surface area contributed by atoms with E-state index in [0.717, 1.165) is 11.1 Å². The van der Waals surface area contributed by atoms with Crippen LogP contribution in [0.5, 0.6) is 5.75 Å². The number of carbonyl (C=O) groups is 2. The highest BCUT2D eigenvalue weighted by molar-refractivity contribution is 8.18. The van der Waals surface area contributed by atoms with Gasteiger partial charge in [-0.15, -0.1) is 5.10 Å². The van der Waals surface area contributed by atoms with Gasteiger partial charge in [0, 0.05) is 16.3 Å². The highest BCUT2D eigenvalue weighted by atomic mass is 35.5. The number of halogens is 1. The minimum Gasteiger partial charge on any atom is -0.483 e. The maximum Gasteiger partial charge on any atom is 0.267 e. The summed E-state index contributed by atoms with van der Waals surface area (Å²) in [4.78, 5) is 27.9. The van der Waals surface area contributed by atoms with Crippen molar-refractivity contribution < 1.29 is 18.7 Å². The van der Waals surface area contributed by atoms with Gasteiger partial charge >= 0.3 is 0 Å². The molecule has 0 aliphatic carbocycles. The standard InChI is InChI=1S/C31H25ClN4O4S/c1-21-8-14-25(15-9-21)34-29(37)20-40-27-7-3-2-5-23(27)17-28-30(38)36(19-26-6-4-16-39-26)31(41-28)35-33-18-22-10-12-24(32)13-11-22/h2-18H,19-20H2,1H3,(H,34,37)/b28-17-,33-18+,35-31-. The van der Waals surface area contributed by atoms with Crippen LogP contribution in [0.15, 0.2) is 111 Å². The maximum atomic E-state index is 13.5. The first-order valence-corrected chi connectivity index (χ1v) is 13.8. The van der Waals surface area contributed by atoms with Gasteiger partial charge in [0.25, 0.3) is 11.8 Å². The quantitative estimate of drug-likeness (QED) is 0.133. The normalized spacial score (nSPS) is 15.3. The molecule has 1 N–H and O–H groups in total. The summed E-state index contributed by atoms with van der Waals surface area (Å²) in [6, 6.07) is 25.4. The molecule has 41 heavy (non-hydrogen) atoms. The Morgan fingerprint density at radius 3 is 2.59 bits per heavy atom. The Bertz CT molecular complexity index is 1610. The minimum absolute atomic E-state index is 0.189. The van der Waals surface area contributed by atoms with Gasteiger partial charge in [0.15, 0.2) is 11.8 Å². The van der Waals surface area contributed by atoms with E-state index >= 15 is 0 Å². The molecule has 1 aliphatic rings. The van der Waals surface area contributed by atoms with Crippen LogP contribution < -0.4 is 10.1 Å². The van der Waals surface area contributed by atoms with Crippen LogP contribution in [-0.2, 0) is 16.1 Å². The van der Waals surface area contributed by atoms with E-state index in [2.05, 4.69) is 15.5 Å². The molecule has 4 aromatic rings. The Morgan fingerprint density at radius 2 is 1.83 bits per heavy atom. The molecule has 0 bridgehead atoms. The van der Waals surface area contributed by atoms with E-state index in [-0.39, 0.29) is 25.0 Å². The number of para-hydroxylation sites is 1. The number of amides is 2.